The molecular weight excluding hydrogens is 350 g/mol. The molecule has 0 saturated carbocycles. The number of hydrogen-bond donors (Lipinski definition) is 2. The van der Waals surface area contributed by atoms with E-state index in [9.17, 15) is 9.59 Å². The van der Waals surface area contributed by atoms with E-state index in [1.165, 1.54) is 0 Å². The lowest BCUT2D eigenvalue weighted by Gasteiger charge is -2.19. The van der Waals surface area contributed by atoms with Crippen LogP contribution in [-0.4, -0.2) is 24.4 Å². The van der Waals surface area contributed by atoms with E-state index in [2.05, 4.69) is 10.6 Å². The average molecular weight is 373 g/mol. The Hall–Kier alpha value is -3.34. The molecule has 3 aromatic rings. The van der Waals surface area contributed by atoms with Crippen molar-refractivity contribution in [1.29, 1.82) is 0 Å². The van der Waals surface area contributed by atoms with Crippen LogP contribution in [0.1, 0.15) is 19.8 Å². The average Bonchev–Trinajstić information content (AvgIpc) is 3.14. The highest BCUT2D eigenvalue weighted by Gasteiger charge is 2.22. The minimum Gasteiger partial charge on any atom is -0.374 e. The molecule has 0 aromatic heterocycles. The molecule has 1 unspecified atom stereocenters. The van der Waals surface area contributed by atoms with Crippen molar-refractivity contribution in [2.75, 3.05) is 22.1 Å². The van der Waals surface area contributed by atoms with Gasteiger partial charge in [-0.1, -0.05) is 36.4 Å². The molecule has 1 aliphatic heterocycles. The minimum atomic E-state index is -0.420. The van der Waals surface area contributed by atoms with Crippen LogP contribution in [0.4, 0.5) is 17.1 Å². The Labute approximate surface area is 164 Å². The molecule has 1 fully saturated rings. The summed E-state index contributed by atoms with van der Waals surface area (Å²) in [7, 11) is 0. The van der Waals surface area contributed by atoms with Crippen LogP contribution in [0, 0.1) is 0 Å². The molecule has 2 N–H and O–H groups in total. The summed E-state index contributed by atoms with van der Waals surface area (Å²) < 4.78 is 0. The van der Waals surface area contributed by atoms with Crippen LogP contribution < -0.4 is 15.5 Å². The van der Waals surface area contributed by atoms with Gasteiger partial charge in [-0.15, -0.1) is 0 Å². The van der Waals surface area contributed by atoms with E-state index in [0.29, 0.717) is 6.42 Å². The van der Waals surface area contributed by atoms with Crippen LogP contribution in [-0.2, 0) is 9.59 Å². The number of anilines is 3. The highest BCUT2D eigenvalue weighted by Crippen LogP contribution is 2.25. The zero-order chi connectivity index (χ0) is 19.5. The second-order valence-corrected chi connectivity index (χ2v) is 7.12. The molecular formula is C23H23N3O2. The minimum absolute atomic E-state index is 0.113. The first-order valence-electron chi connectivity index (χ1n) is 9.57. The second kappa shape index (κ2) is 7.72. The van der Waals surface area contributed by atoms with Gasteiger partial charge in [0, 0.05) is 30.0 Å². The van der Waals surface area contributed by atoms with Crippen LogP contribution in [0.2, 0.25) is 0 Å². The van der Waals surface area contributed by atoms with Crippen LogP contribution in [0.25, 0.3) is 10.8 Å². The quantitative estimate of drug-likeness (QED) is 0.697. The third-order valence-corrected chi connectivity index (χ3v) is 5.02. The van der Waals surface area contributed by atoms with Gasteiger partial charge in [-0.25, -0.2) is 0 Å². The topological polar surface area (TPSA) is 61.4 Å². The normalized spacial score (nSPS) is 14.9. The van der Waals surface area contributed by atoms with Crippen molar-refractivity contribution in [2.45, 2.75) is 25.8 Å². The molecule has 3 aromatic carbocycles. The second-order valence-electron chi connectivity index (χ2n) is 7.12. The summed E-state index contributed by atoms with van der Waals surface area (Å²) in [5.41, 5.74) is 2.46. The number of fused-ring (bicyclic) bond motifs is 1. The van der Waals surface area contributed by atoms with Gasteiger partial charge in [-0.3, -0.25) is 9.59 Å². The summed E-state index contributed by atoms with van der Waals surface area (Å²) in [5, 5.41) is 8.42. The van der Waals surface area contributed by atoms with Gasteiger partial charge in [0.15, 0.2) is 0 Å². The summed E-state index contributed by atoms with van der Waals surface area (Å²) in [4.78, 5) is 26.4. The predicted octanol–water partition coefficient (Wildman–Crippen LogP) is 4.41. The number of nitrogens with zero attached hydrogens (tertiary/aromatic N) is 1. The molecule has 1 heterocycles. The number of nitrogens with one attached hydrogen (secondary N) is 2. The third-order valence-electron chi connectivity index (χ3n) is 5.02. The van der Waals surface area contributed by atoms with Crippen molar-refractivity contribution < 1.29 is 9.59 Å². The Balaban J connectivity index is 1.43. The molecule has 142 valence electrons. The molecule has 0 bridgehead atoms. The summed E-state index contributed by atoms with van der Waals surface area (Å²) in [6.45, 7) is 2.57. The van der Waals surface area contributed by atoms with Gasteiger partial charge in [-0.2, -0.15) is 0 Å². The van der Waals surface area contributed by atoms with Gasteiger partial charge >= 0.3 is 0 Å². The Bertz CT molecular complexity index is 1030. The smallest absolute Gasteiger partial charge is 0.246 e. The maximum atomic E-state index is 12.6. The van der Waals surface area contributed by atoms with Gasteiger partial charge in [0.2, 0.25) is 11.8 Å². The zero-order valence-corrected chi connectivity index (χ0v) is 15.8. The van der Waals surface area contributed by atoms with Crippen molar-refractivity contribution >= 4 is 39.6 Å². The monoisotopic (exact) mass is 373 g/mol. The van der Waals surface area contributed by atoms with Crippen LogP contribution >= 0.6 is 0 Å². The number of hydrogen-bond acceptors (Lipinski definition) is 3. The van der Waals surface area contributed by atoms with Crippen molar-refractivity contribution in [3.8, 4) is 0 Å². The molecule has 1 atom stereocenters. The van der Waals surface area contributed by atoms with Gasteiger partial charge in [0.1, 0.15) is 6.04 Å². The van der Waals surface area contributed by atoms with E-state index in [4.69, 9.17) is 0 Å². The SMILES string of the molecule is CC(Nc1cccc(N2CCCC2=O)c1)C(=O)Nc1ccc2ccccc2c1. The predicted molar refractivity (Wildman–Crippen MR) is 114 cm³/mol. The summed E-state index contributed by atoms with van der Waals surface area (Å²) >= 11 is 0. The molecule has 5 heteroatoms. The highest BCUT2D eigenvalue weighted by atomic mass is 16.2. The number of benzene rings is 3. The van der Waals surface area contributed by atoms with Crippen LogP contribution in [0.15, 0.2) is 66.7 Å². The molecule has 1 aliphatic rings. The van der Waals surface area contributed by atoms with Gasteiger partial charge in [-0.05, 0) is 54.4 Å². The summed E-state index contributed by atoms with van der Waals surface area (Å²) in [6, 6.07) is 21.2. The summed E-state index contributed by atoms with van der Waals surface area (Å²) in [6.07, 6.45) is 1.49. The van der Waals surface area contributed by atoms with Crippen LogP contribution in [0.5, 0.6) is 0 Å². The van der Waals surface area contributed by atoms with Gasteiger partial charge in [0.05, 0.1) is 0 Å². The third kappa shape index (κ3) is 3.83. The maximum Gasteiger partial charge on any atom is 0.246 e. The fraction of sp³-hybridized carbons (Fsp3) is 0.217. The lowest BCUT2D eigenvalue weighted by atomic mass is 10.1. The molecule has 28 heavy (non-hydrogen) atoms. The fourth-order valence-electron chi connectivity index (χ4n) is 3.52. The van der Waals surface area contributed by atoms with Crippen molar-refractivity contribution in [2.24, 2.45) is 0 Å². The van der Waals surface area contributed by atoms with E-state index < -0.39 is 6.04 Å². The number of carbonyl (C=O) groups is 2. The molecule has 1 saturated heterocycles. The Morgan fingerprint density at radius 2 is 1.79 bits per heavy atom. The number of carbonyl (C=O) groups excluding carboxylic acids is 2. The first-order chi connectivity index (χ1) is 13.6. The molecule has 5 nitrogen and oxygen atoms in total. The van der Waals surface area contributed by atoms with E-state index in [0.717, 1.165) is 40.8 Å². The van der Waals surface area contributed by atoms with Gasteiger partial charge in [0.25, 0.3) is 0 Å². The standard InChI is InChI=1S/C23H23N3O2/c1-16(23(28)25-20-12-11-17-6-2-3-7-18(17)14-20)24-19-8-4-9-21(15-19)26-13-5-10-22(26)27/h2-4,6-9,11-12,14-16,24H,5,10,13H2,1H3,(H,25,28). The Kier molecular flexibility index (Phi) is 4.98. The molecule has 0 radical (unpaired) electrons. The van der Waals surface area contributed by atoms with E-state index >= 15 is 0 Å². The number of amides is 2. The molecule has 2 amide bonds. The first kappa shape index (κ1) is 18.0. The maximum absolute atomic E-state index is 12.6. The largest absolute Gasteiger partial charge is 0.374 e. The molecule has 0 spiro atoms. The number of rotatable bonds is 5. The van der Waals surface area contributed by atoms with Gasteiger partial charge < -0.3 is 15.5 Å². The Morgan fingerprint density at radius 3 is 2.57 bits per heavy atom. The lowest BCUT2D eigenvalue weighted by Crippen LogP contribution is -2.32. The van der Waals surface area contributed by atoms with E-state index in [1.807, 2.05) is 73.7 Å². The van der Waals surface area contributed by atoms with E-state index in [1.54, 1.807) is 4.90 Å². The van der Waals surface area contributed by atoms with E-state index in [-0.39, 0.29) is 11.8 Å². The van der Waals surface area contributed by atoms with Crippen molar-refractivity contribution in [3.63, 3.8) is 0 Å². The molecule has 4 rings (SSSR count). The highest BCUT2D eigenvalue weighted by molar-refractivity contribution is 5.99. The molecule has 0 aliphatic carbocycles. The van der Waals surface area contributed by atoms with Crippen LogP contribution in [0.3, 0.4) is 0 Å². The first-order valence-corrected chi connectivity index (χ1v) is 9.57. The summed E-state index contributed by atoms with van der Waals surface area (Å²) in [5.74, 6) is 0.0391. The Morgan fingerprint density at radius 1 is 0.964 bits per heavy atom. The zero-order valence-electron chi connectivity index (χ0n) is 15.8. The fourth-order valence-corrected chi connectivity index (χ4v) is 3.52. The van der Waals surface area contributed by atoms with Crippen molar-refractivity contribution in [1.82, 2.24) is 0 Å². The lowest BCUT2D eigenvalue weighted by molar-refractivity contribution is -0.117. The van der Waals surface area contributed by atoms with Crippen molar-refractivity contribution in [3.05, 3.63) is 66.7 Å².